The maximum Gasteiger partial charge on any atom is 0.0417 e. The van der Waals surface area contributed by atoms with E-state index < -0.39 is 0 Å². The summed E-state index contributed by atoms with van der Waals surface area (Å²) in [7, 11) is 0. The lowest BCUT2D eigenvalue weighted by Gasteiger charge is -2.55. The van der Waals surface area contributed by atoms with E-state index in [2.05, 4.69) is 48.0 Å². The standard InChI is InChI=1S/C14H22BrN/c1-3-13(4-2)9-14(16,10-13)11-5-7-12(15)8-6-11/h5-7,12H,3-4,8-10,16H2,1-2H3. The summed E-state index contributed by atoms with van der Waals surface area (Å²) in [5.41, 5.74) is 8.37. The van der Waals surface area contributed by atoms with Crippen molar-refractivity contribution in [1.82, 2.24) is 0 Å². The van der Waals surface area contributed by atoms with Gasteiger partial charge in [0.25, 0.3) is 0 Å². The molecular formula is C14H22BrN. The molecule has 2 aliphatic carbocycles. The SMILES string of the molecule is CCC1(CC)CC(N)(C2=CCC(Br)C=C2)C1. The van der Waals surface area contributed by atoms with Crippen LogP contribution in [0, 0.1) is 5.41 Å². The van der Waals surface area contributed by atoms with E-state index >= 15 is 0 Å². The maximum absolute atomic E-state index is 6.51. The molecule has 0 aromatic carbocycles. The Hall–Kier alpha value is -0.0800. The van der Waals surface area contributed by atoms with Crippen LogP contribution in [-0.4, -0.2) is 10.4 Å². The molecule has 2 heteroatoms. The highest BCUT2D eigenvalue weighted by Crippen LogP contribution is 2.55. The predicted octanol–water partition coefficient (Wildman–Crippen LogP) is 3.93. The lowest BCUT2D eigenvalue weighted by Crippen LogP contribution is -2.58. The van der Waals surface area contributed by atoms with Gasteiger partial charge in [0.15, 0.2) is 0 Å². The molecule has 0 aromatic rings. The Labute approximate surface area is 107 Å². The zero-order chi connectivity index (χ0) is 11.8. The van der Waals surface area contributed by atoms with Gasteiger partial charge in [0.2, 0.25) is 0 Å². The number of rotatable bonds is 3. The largest absolute Gasteiger partial charge is 0.321 e. The first-order valence-corrected chi connectivity index (χ1v) is 7.27. The van der Waals surface area contributed by atoms with Crippen molar-refractivity contribution < 1.29 is 0 Å². The number of allylic oxidation sites excluding steroid dienone is 2. The van der Waals surface area contributed by atoms with Gasteiger partial charge in [-0.15, -0.1) is 0 Å². The quantitative estimate of drug-likeness (QED) is 0.781. The molecule has 0 saturated heterocycles. The van der Waals surface area contributed by atoms with Gasteiger partial charge in [-0.3, -0.25) is 0 Å². The minimum absolute atomic E-state index is 0.0321. The van der Waals surface area contributed by atoms with Crippen LogP contribution >= 0.6 is 15.9 Å². The Balaban J connectivity index is 2.05. The van der Waals surface area contributed by atoms with Crippen molar-refractivity contribution in [3.05, 3.63) is 23.8 Å². The van der Waals surface area contributed by atoms with Crippen molar-refractivity contribution in [2.24, 2.45) is 11.1 Å². The van der Waals surface area contributed by atoms with Crippen molar-refractivity contribution in [3.8, 4) is 0 Å². The number of alkyl halides is 1. The lowest BCUT2D eigenvalue weighted by atomic mass is 9.53. The fourth-order valence-corrected chi connectivity index (χ4v) is 3.54. The van der Waals surface area contributed by atoms with Gasteiger partial charge in [-0.05, 0) is 30.3 Å². The average molecular weight is 284 g/mol. The molecule has 0 aromatic heterocycles. The monoisotopic (exact) mass is 283 g/mol. The van der Waals surface area contributed by atoms with E-state index in [1.165, 1.54) is 18.4 Å². The smallest absolute Gasteiger partial charge is 0.0417 e. The summed E-state index contributed by atoms with van der Waals surface area (Å²) in [5.74, 6) is 0. The first kappa shape index (κ1) is 12.4. The third-order valence-electron chi connectivity index (χ3n) is 4.50. The first-order chi connectivity index (χ1) is 7.53. The van der Waals surface area contributed by atoms with Crippen molar-refractivity contribution in [2.45, 2.75) is 56.3 Å². The van der Waals surface area contributed by atoms with E-state index in [0.717, 1.165) is 19.3 Å². The van der Waals surface area contributed by atoms with Gasteiger partial charge in [0.05, 0.1) is 0 Å². The Morgan fingerprint density at radius 1 is 1.38 bits per heavy atom. The van der Waals surface area contributed by atoms with Crippen LogP contribution in [0.4, 0.5) is 0 Å². The number of halogens is 1. The molecule has 0 amide bonds. The molecule has 1 unspecified atom stereocenters. The molecule has 1 atom stereocenters. The van der Waals surface area contributed by atoms with Gasteiger partial charge in [-0.2, -0.15) is 0 Å². The van der Waals surface area contributed by atoms with Crippen LogP contribution < -0.4 is 5.73 Å². The Kier molecular flexibility index (Phi) is 3.33. The first-order valence-electron chi connectivity index (χ1n) is 6.35. The fraction of sp³-hybridized carbons (Fsp3) is 0.714. The summed E-state index contributed by atoms with van der Waals surface area (Å²) < 4.78 is 0. The normalized spacial score (nSPS) is 30.8. The summed E-state index contributed by atoms with van der Waals surface area (Å²) in [5, 5.41) is 0. The van der Waals surface area contributed by atoms with Crippen LogP contribution in [-0.2, 0) is 0 Å². The predicted molar refractivity (Wildman–Crippen MR) is 73.7 cm³/mol. The molecule has 0 bridgehead atoms. The molecule has 16 heavy (non-hydrogen) atoms. The molecular weight excluding hydrogens is 262 g/mol. The highest BCUT2D eigenvalue weighted by atomic mass is 79.9. The summed E-state index contributed by atoms with van der Waals surface area (Å²) in [6.07, 6.45) is 12.7. The molecule has 0 radical (unpaired) electrons. The van der Waals surface area contributed by atoms with Gasteiger partial charge in [0.1, 0.15) is 0 Å². The van der Waals surface area contributed by atoms with E-state index in [9.17, 15) is 0 Å². The average Bonchev–Trinajstić information content (AvgIpc) is 2.25. The van der Waals surface area contributed by atoms with Crippen molar-refractivity contribution >= 4 is 15.9 Å². The zero-order valence-corrected chi connectivity index (χ0v) is 11.9. The molecule has 2 rings (SSSR count). The molecule has 1 saturated carbocycles. The van der Waals surface area contributed by atoms with E-state index in [0.29, 0.717) is 10.2 Å². The number of nitrogens with two attached hydrogens (primary N) is 1. The van der Waals surface area contributed by atoms with E-state index in [1.54, 1.807) is 0 Å². The van der Waals surface area contributed by atoms with Gasteiger partial charge >= 0.3 is 0 Å². The minimum atomic E-state index is -0.0321. The second kappa shape index (κ2) is 4.30. The van der Waals surface area contributed by atoms with Crippen molar-refractivity contribution in [2.75, 3.05) is 0 Å². The summed E-state index contributed by atoms with van der Waals surface area (Å²) in [4.78, 5) is 0.502. The van der Waals surface area contributed by atoms with Gasteiger partial charge < -0.3 is 5.73 Å². The lowest BCUT2D eigenvalue weighted by molar-refractivity contribution is 0.0437. The van der Waals surface area contributed by atoms with Gasteiger partial charge in [-0.25, -0.2) is 0 Å². The Morgan fingerprint density at radius 3 is 2.44 bits per heavy atom. The van der Waals surface area contributed by atoms with Crippen molar-refractivity contribution in [1.29, 1.82) is 0 Å². The maximum atomic E-state index is 6.51. The molecule has 2 N–H and O–H groups in total. The third kappa shape index (κ3) is 2.02. The van der Waals surface area contributed by atoms with Gasteiger partial charge in [0, 0.05) is 10.4 Å². The summed E-state index contributed by atoms with van der Waals surface area (Å²) >= 11 is 3.60. The van der Waals surface area contributed by atoms with E-state index in [1.807, 2.05) is 0 Å². The molecule has 0 heterocycles. The molecule has 1 fully saturated rings. The minimum Gasteiger partial charge on any atom is -0.321 e. The summed E-state index contributed by atoms with van der Waals surface area (Å²) in [6.45, 7) is 4.59. The van der Waals surface area contributed by atoms with E-state index in [4.69, 9.17) is 5.73 Å². The fourth-order valence-electron chi connectivity index (χ4n) is 3.20. The van der Waals surface area contributed by atoms with Crippen LogP contribution in [0.3, 0.4) is 0 Å². The second-order valence-electron chi connectivity index (χ2n) is 5.49. The zero-order valence-electron chi connectivity index (χ0n) is 10.3. The third-order valence-corrected chi connectivity index (χ3v) is 5.18. The number of hydrogen-bond donors (Lipinski definition) is 1. The Morgan fingerprint density at radius 2 is 2.00 bits per heavy atom. The molecule has 0 spiro atoms. The molecule has 2 aliphatic rings. The summed E-state index contributed by atoms with van der Waals surface area (Å²) in [6, 6.07) is 0. The number of hydrogen-bond acceptors (Lipinski definition) is 1. The molecule has 90 valence electrons. The van der Waals surface area contributed by atoms with Crippen LogP contribution in [0.25, 0.3) is 0 Å². The highest BCUT2D eigenvalue weighted by Gasteiger charge is 2.51. The van der Waals surface area contributed by atoms with Crippen LogP contribution in [0.15, 0.2) is 23.8 Å². The molecule has 0 aliphatic heterocycles. The van der Waals surface area contributed by atoms with E-state index in [-0.39, 0.29) is 5.54 Å². The van der Waals surface area contributed by atoms with Crippen LogP contribution in [0.2, 0.25) is 0 Å². The second-order valence-corrected chi connectivity index (χ2v) is 6.66. The van der Waals surface area contributed by atoms with Crippen LogP contribution in [0.1, 0.15) is 46.0 Å². The topological polar surface area (TPSA) is 26.0 Å². The molecule has 1 nitrogen and oxygen atoms in total. The van der Waals surface area contributed by atoms with Gasteiger partial charge in [-0.1, -0.05) is 60.8 Å². The Bertz CT molecular complexity index is 318. The van der Waals surface area contributed by atoms with Crippen LogP contribution in [0.5, 0.6) is 0 Å². The highest BCUT2D eigenvalue weighted by molar-refractivity contribution is 9.09. The van der Waals surface area contributed by atoms with Crippen molar-refractivity contribution in [3.63, 3.8) is 0 Å².